The van der Waals surface area contributed by atoms with Crippen molar-refractivity contribution in [2.45, 2.75) is 25.7 Å². The Morgan fingerprint density at radius 1 is 1.41 bits per heavy atom. The molecular weight excluding hydrogens is 234 g/mol. The first-order valence-electron chi connectivity index (χ1n) is 5.89. The predicted octanol–water partition coefficient (Wildman–Crippen LogP) is 3.69. The molecule has 1 saturated carbocycles. The van der Waals surface area contributed by atoms with Crippen LogP contribution in [-0.4, -0.2) is 12.0 Å². The molecule has 3 heteroatoms. The van der Waals surface area contributed by atoms with Gasteiger partial charge in [-0.15, -0.1) is 0 Å². The minimum atomic E-state index is 0.00238. The molecule has 0 saturated heterocycles. The van der Waals surface area contributed by atoms with Crippen molar-refractivity contribution in [3.63, 3.8) is 0 Å². The van der Waals surface area contributed by atoms with E-state index in [1.165, 1.54) is 0 Å². The van der Waals surface area contributed by atoms with Gasteiger partial charge in [-0.05, 0) is 42.4 Å². The van der Waals surface area contributed by atoms with Crippen molar-refractivity contribution >= 4 is 23.6 Å². The summed E-state index contributed by atoms with van der Waals surface area (Å²) in [5.41, 5.74) is 1.81. The number of nitrogens with one attached hydrogen (secondary N) is 1. The van der Waals surface area contributed by atoms with Crippen molar-refractivity contribution in [2.24, 2.45) is 11.8 Å². The van der Waals surface area contributed by atoms with Gasteiger partial charge in [0, 0.05) is 16.7 Å². The monoisotopic (exact) mass is 249 g/mol. The molecule has 90 valence electrons. The van der Waals surface area contributed by atoms with Crippen molar-refractivity contribution in [1.82, 2.24) is 0 Å². The first-order valence-corrected chi connectivity index (χ1v) is 6.26. The van der Waals surface area contributed by atoms with Crippen molar-refractivity contribution in [1.29, 1.82) is 5.41 Å². The molecule has 3 atom stereocenters. The van der Waals surface area contributed by atoms with Crippen molar-refractivity contribution < 1.29 is 4.79 Å². The topological polar surface area (TPSA) is 40.9 Å². The number of carbonyl (C=O) groups excluding carboxylic acids is 1. The second-order valence-electron chi connectivity index (χ2n) is 4.86. The molecule has 0 amide bonds. The normalized spacial score (nSPS) is 29.1. The fourth-order valence-corrected chi connectivity index (χ4v) is 2.91. The molecule has 17 heavy (non-hydrogen) atoms. The summed E-state index contributed by atoms with van der Waals surface area (Å²) < 4.78 is 0. The number of halogens is 1. The van der Waals surface area contributed by atoms with Crippen LogP contribution in [0.5, 0.6) is 0 Å². The summed E-state index contributed by atoms with van der Waals surface area (Å²) in [6, 6.07) is 7.65. The summed E-state index contributed by atoms with van der Waals surface area (Å²) >= 11 is 5.99. The van der Waals surface area contributed by atoms with Crippen LogP contribution in [0.2, 0.25) is 5.02 Å². The van der Waals surface area contributed by atoms with Crippen LogP contribution in [0.3, 0.4) is 0 Å². The third-order valence-corrected chi connectivity index (χ3v) is 3.83. The third-order valence-electron chi connectivity index (χ3n) is 3.59. The van der Waals surface area contributed by atoms with Crippen LogP contribution in [-0.2, 0) is 4.79 Å². The molecular formula is C14H16ClNO. The van der Waals surface area contributed by atoms with Crippen molar-refractivity contribution in [2.75, 3.05) is 0 Å². The van der Waals surface area contributed by atoms with Gasteiger partial charge in [-0.2, -0.15) is 0 Å². The van der Waals surface area contributed by atoms with E-state index >= 15 is 0 Å². The fourth-order valence-electron chi connectivity index (χ4n) is 2.71. The Hall–Kier alpha value is -1.15. The van der Waals surface area contributed by atoms with Gasteiger partial charge in [-0.1, -0.05) is 30.7 Å². The quantitative estimate of drug-likeness (QED) is 0.798. The molecule has 2 nitrogen and oxygen atoms in total. The summed E-state index contributed by atoms with van der Waals surface area (Å²) in [4.78, 5) is 11.2. The second kappa shape index (κ2) is 5.01. The smallest absolute Gasteiger partial charge is 0.123 e. The van der Waals surface area contributed by atoms with Gasteiger partial charge in [0.2, 0.25) is 0 Å². The zero-order valence-electron chi connectivity index (χ0n) is 9.82. The van der Waals surface area contributed by atoms with E-state index in [1.807, 2.05) is 31.2 Å². The maximum Gasteiger partial charge on any atom is 0.123 e. The molecule has 1 fully saturated rings. The van der Waals surface area contributed by atoms with E-state index in [-0.39, 0.29) is 17.8 Å². The molecule has 0 radical (unpaired) electrons. The molecule has 2 rings (SSSR count). The minimum absolute atomic E-state index is 0.00238. The molecule has 0 aromatic heterocycles. The largest absolute Gasteiger partial charge is 0.310 e. The average molecular weight is 250 g/mol. The van der Waals surface area contributed by atoms with Gasteiger partial charge in [0.25, 0.3) is 0 Å². The number of hydrogen-bond donors (Lipinski definition) is 1. The number of hydrogen-bond acceptors (Lipinski definition) is 2. The van der Waals surface area contributed by atoms with Crippen LogP contribution < -0.4 is 0 Å². The van der Waals surface area contributed by atoms with Crippen LogP contribution in [0.1, 0.15) is 31.2 Å². The minimum Gasteiger partial charge on any atom is -0.310 e. The highest BCUT2D eigenvalue weighted by molar-refractivity contribution is 6.30. The van der Waals surface area contributed by atoms with Crippen LogP contribution in [0.4, 0.5) is 0 Å². The van der Waals surface area contributed by atoms with Gasteiger partial charge in [0.15, 0.2) is 0 Å². The summed E-state index contributed by atoms with van der Waals surface area (Å²) in [6.07, 6.45) is 2.46. The van der Waals surface area contributed by atoms with Gasteiger partial charge in [0.1, 0.15) is 6.29 Å². The molecule has 1 N–H and O–H groups in total. The van der Waals surface area contributed by atoms with Crippen LogP contribution in [0.15, 0.2) is 24.3 Å². The standard InChI is InChI=1S/C14H16ClNO/c1-9-5-12(16)7-13(14(9)8-17)10-3-2-4-11(15)6-10/h2-4,6,8-9,13-14,16H,5,7H2,1H3/t9-,13-,14?/m0/s1. The van der Waals surface area contributed by atoms with Crippen molar-refractivity contribution in [3.8, 4) is 0 Å². The number of carbonyl (C=O) groups is 1. The number of rotatable bonds is 2. The van der Waals surface area contributed by atoms with Crippen molar-refractivity contribution in [3.05, 3.63) is 34.9 Å². The highest BCUT2D eigenvalue weighted by atomic mass is 35.5. The molecule has 1 aromatic rings. The summed E-state index contributed by atoms with van der Waals surface area (Å²) in [5, 5.41) is 8.56. The maximum absolute atomic E-state index is 11.2. The zero-order valence-corrected chi connectivity index (χ0v) is 10.6. The summed E-state index contributed by atoms with van der Waals surface area (Å²) in [7, 11) is 0. The number of aldehydes is 1. The van der Waals surface area contributed by atoms with E-state index < -0.39 is 0 Å². The Kier molecular flexibility index (Phi) is 3.63. The molecule has 1 aliphatic rings. The molecule has 1 aromatic carbocycles. The third kappa shape index (κ3) is 2.58. The van der Waals surface area contributed by atoms with E-state index in [0.29, 0.717) is 11.4 Å². The summed E-state index contributed by atoms with van der Waals surface area (Å²) in [6.45, 7) is 2.05. The first kappa shape index (κ1) is 12.3. The van der Waals surface area contributed by atoms with E-state index in [0.717, 1.165) is 24.0 Å². The Morgan fingerprint density at radius 2 is 2.18 bits per heavy atom. The highest BCUT2D eigenvalue weighted by Gasteiger charge is 2.33. The molecule has 0 spiro atoms. The lowest BCUT2D eigenvalue weighted by Gasteiger charge is -2.33. The van der Waals surface area contributed by atoms with E-state index in [1.54, 1.807) is 0 Å². The Labute approximate surface area is 106 Å². The van der Waals surface area contributed by atoms with Gasteiger partial charge >= 0.3 is 0 Å². The molecule has 1 unspecified atom stereocenters. The SMILES string of the molecule is C[C@H]1CC(=N)C[C@@H](c2cccc(Cl)c2)C1C=O. The van der Waals surface area contributed by atoms with E-state index in [9.17, 15) is 4.79 Å². The summed E-state index contributed by atoms with van der Waals surface area (Å²) in [5.74, 6) is 0.364. The average Bonchev–Trinajstić information content (AvgIpc) is 2.28. The lowest BCUT2D eigenvalue weighted by atomic mass is 9.70. The fraction of sp³-hybridized carbons (Fsp3) is 0.429. The van der Waals surface area contributed by atoms with Crippen LogP contribution in [0, 0.1) is 17.2 Å². The van der Waals surface area contributed by atoms with Crippen LogP contribution >= 0.6 is 11.6 Å². The first-order chi connectivity index (χ1) is 8.11. The highest BCUT2D eigenvalue weighted by Crippen LogP contribution is 2.39. The zero-order chi connectivity index (χ0) is 12.4. The lowest BCUT2D eigenvalue weighted by molar-refractivity contribution is -0.113. The molecule has 0 heterocycles. The molecule has 0 aliphatic heterocycles. The van der Waals surface area contributed by atoms with Gasteiger partial charge in [-0.3, -0.25) is 0 Å². The Morgan fingerprint density at radius 3 is 2.82 bits per heavy atom. The van der Waals surface area contributed by atoms with E-state index in [4.69, 9.17) is 17.0 Å². The Balaban J connectivity index is 2.33. The van der Waals surface area contributed by atoms with Gasteiger partial charge in [0.05, 0.1) is 0 Å². The number of benzene rings is 1. The maximum atomic E-state index is 11.2. The van der Waals surface area contributed by atoms with Gasteiger partial charge in [-0.25, -0.2) is 0 Å². The lowest BCUT2D eigenvalue weighted by Crippen LogP contribution is -2.30. The predicted molar refractivity (Wildman–Crippen MR) is 69.9 cm³/mol. The van der Waals surface area contributed by atoms with Crippen LogP contribution in [0.25, 0.3) is 0 Å². The second-order valence-corrected chi connectivity index (χ2v) is 5.30. The van der Waals surface area contributed by atoms with Gasteiger partial charge < -0.3 is 10.2 Å². The van der Waals surface area contributed by atoms with E-state index in [2.05, 4.69) is 0 Å². The molecule has 1 aliphatic carbocycles. The molecule has 0 bridgehead atoms. The Bertz CT molecular complexity index is 444.